The van der Waals surface area contributed by atoms with Crippen molar-refractivity contribution >= 4 is 29.0 Å². The summed E-state index contributed by atoms with van der Waals surface area (Å²) in [5.41, 5.74) is 4.57. The van der Waals surface area contributed by atoms with Gasteiger partial charge in [0, 0.05) is 24.8 Å². The van der Waals surface area contributed by atoms with E-state index in [0.29, 0.717) is 24.5 Å². The fraction of sp³-hybridized carbons (Fsp3) is 0.333. The largest absolute Gasteiger partial charge is 0.494 e. The van der Waals surface area contributed by atoms with Gasteiger partial charge in [0.25, 0.3) is 0 Å². The quantitative estimate of drug-likeness (QED) is 0.105. The van der Waals surface area contributed by atoms with Crippen molar-refractivity contribution in [1.82, 2.24) is 4.98 Å². The first kappa shape index (κ1) is 30.4. The smallest absolute Gasteiger partial charge is 0.359 e. The number of nitrogens with zero attached hydrogens (tertiary/aromatic N) is 2. The summed E-state index contributed by atoms with van der Waals surface area (Å²) in [5, 5.41) is 4.18. The number of anilines is 1. The molecule has 0 saturated carbocycles. The Hall–Kier alpha value is -4.10. The third-order valence-electron chi connectivity index (χ3n) is 7.20. The number of fused-ring (bicyclic) bond motifs is 1. The number of aromatic nitrogens is 2. The summed E-state index contributed by atoms with van der Waals surface area (Å²) in [6.07, 6.45) is 6.78. The number of benzene rings is 3. The van der Waals surface area contributed by atoms with Crippen LogP contribution in [0.2, 0.25) is 0 Å². The Morgan fingerprint density at radius 2 is 1.65 bits per heavy atom. The van der Waals surface area contributed by atoms with Crippen LogP contribution in [0, 0.1) is 0 Å². The predicted octanol–water partition coefficient (Wildman–Crippen LogP) is 7.39. The summed E-state index contributed by atoms with van der Waals surface area (Å²) < 4.78 is 13.5. The molecule has 6 nitrogen and oxygen atoms in total. The summed E-state index contributed by atoms with van der Waals surface area (Å²) in [7, 11) is 0. The van der Waals surface area contributed by atoms with Crippen molar-refractivity contribution in [3.05, 3.63) is 108 Å². The van der Waals surface area contributed by atoms with Crippen LogP contribution in [0.3, 0.4) is 0 Å². The Labute approximate surface area is 260 Å². The normalized spacial score (nSPS) is 14.2. The van der Waals surface area contributed by atoms with E-state index in [-0.39, 0.29) is 11.5 Å². The van der Waals surface area contributed by atoms with Crippen molar-refractivity contribution in [3.8, 4) is 17.0 Å². The second-order valence-electron chi connectivity index (χ2n) is 12.0. The molecule has 0 spiro atoms. The van der Waals surface area contributed by atoms with Crippen molar-refractivity contribution in [2.45, 2.75) is 70.9 Å². The highest BCUT2D eigenvalue weighted by Gasteiger charge is 2.41. The van der Waals surface area contributed by atoms with Gasteiger partial charge in [-0.1, -0.05) is 72.8 Å². The van der Waals surface area contributed by atoms with Crippen molar-refractivity contribution in [1.29, 1.82) is 0 Å². The molecule has 0 bridgehead atoms. The van der Waals surface area contributed by atoms with Gasteiger partial charge in [-0.2, -0.15) is 4.57 Å². The van der Waals surface area contributed by atoms with E-state index >= 15 is 0 Å². The van der Waals surface area contributed by atoms with Crippen LogP contribution in [0.15, 0.2) is 91.1 Å². The van der Waals surface area contributed by atoms with Crippen LogP contribution in [-0.4, -0.2) is 34.2 Å². The lowest BCUT2D eigenvalue weighted by Crippen LogP contribution is -2.44. The number of hydrogen-bond acceptors (Lipinski definition) is 6. The van der Waals surface area contributed by atoms with Gasteiger partial charge in [-0.15, -0.1) is 0 Å². The first-order valence-electron chi connectivity index (χ1n) is 15.0. The lowest BCUT2D eigenvalue weighted by molar-refractivity contribution is -0.552. The van der Waals surface area contributed by atoms with Crippen molar-refractivity contribution in [3.63, 3.8) is 0 Å². The molecule has 5 rings (SSSR count). The number of ether oxygens (including phenoxy) is 2. The standard InChI is InChI=1S/C36H39N3O3S/c1-36(2,3)42-33(43)20-11-6-12-21-41-29-19-13-16-27(22-29)24-31-35(40)39-25-32(28-17-9-5-10-18-28)37-30(34(39)38-31)23-26-14-7-4-8-15-26/h4-5,7-10,13-19,22,25,31H,6,11-12,20-21,23-24H2,1-3H3/p+1. The minimum absolute atomic E-state index is 0.0172. The van der Waals surface area contributed by atoms with Gasteiger partial charge in [0.2, 0.25) is 0 Å². The number of carbonyl (C=O) groups excluding carboxylic acids is 1. The maximum absolute atomic E-state index is 13.7. The van der Waals surface area contributed by atoms with Gasteiger partial charge in [0.05, 0.1) is 6.61 Å². The Bertz CT molecular complexity index is 1550. The summed E-state index contributed by atoms with van der Waals surface area (Å²) >= 11 is 5.34. The lowest BCUT2D eigenvalue weighted by atomic mass is 10.1. The molecule has 0 amide bonds. The van der Waals surface area contributed by atoms with Crippen molar-refractivity contribution in [2.75, 3.05) is 11.9 Å². The molecular formula is C36H40N3O3S+. The van der Waals surface area contributed by atoms with E-state index in [1.165, 1.54) is 0 Å². The van der Waals surface area contributed by atoms with Gasteiger partial charge in [0.15, 0.2) is 11.1 Å². The molecule has 3 aromatic carbocycles. The molecule has 0 aliphatic carbocycles. The van der Waals surface area contributed by atoms with Crippen LogP contribution in [0.25, 0.3) is 11.3 Å². The third-order valence-corrected chi connectivity index (χ3v) is 7.49. The minimum atomic E-state index is -0.392. The number of hydrogen-bond donors (Lipinski definition) is 1. The first-order chi connectivity index (χ1) is 20.7. The highest BCUT2D eigenvalue weighted by Crippen LogP contribution is 2.25. The molecule has 1 aromatic heterocycles. The fourth-order valence-corrected chi connectivity index (χ4v) is 5.60. The van der Waals surface area contributed by atoms with Crippen LogP contribution in [-0.2, 0) is 17.6 Å². The molecule has 7 heteroatoms. The highest BCUT2D eigenvalue weighted by molar-refractivity contribution is 7.80. The highest BCUT2D eigenvalue weighted by atomic mass is 32.1. The van der Waals surface area contributed by atoms with E-state index < -0.39 is 6.04 Å². The van der Waals surface area contributed by atoms with Gasteiger partial charge in [-0.3, -0.25) is 5.32 Å². The zero-order chi connectivity index (χ0) is 30.2. The van der Waals surface area contributed by atoms with Crippen LogP contribution >= 0.6 is 12.2 Å². The first-order valence-corrected chi connectivity index (χ1v) is 15.5. The van der Waals surface area contributed by atoms with E-state index in [1.807, 2.05) is 99.8 Å². The van der Waals surface area contributed by atoms with Gasteiger partial charge in [-0.25, -0.2) is 9.78 Å². The van der Waals surface area contributed by atoms with Crippen LogP contribution in [0.4, 0.5) is 5.82 Å². The molecule has 2 heterocycles. The number of unbranched alkanes of at least 4 members (excludes halogenated alkanes) is 2. The summed E-state index contributed by atoms with van der Waals surface area (Å²) in [4.78, 5) is 18.7. The van der Waals surface area contributed by atoms with E-state index in [1.54, 1.807) is 4.57 Å². The molecule has 0 radical (unpaired) electrons. The molecule has 43 heavy (non-hydrogen) atoms. The van der Waals surface area contributed by atoms with Gasteiger partial charge in [-0.05, 0) is 75.5 Å². The third kappa shape index (κ3) is 8.48. The molecular weight excluding hydrogens is 554 g/mol. The average molecular weight is 595 g/mol. The predicted molar refractivity (Wildman–Crippen MR) is 175 cm³/mol. The summed E-state index contributed by atoms with van der Waals surface area (Å²) in [5.74, 6) is 1.60. The van der Waals surface area contributed by atoms with Crippen LogP contribution < -0.4 is 14.6 Å². The molecule has 1 aliphatic heterocycles. The molecule has 1 atom stereocenters. The maximum atomic E-state index is 13.7. The van der Waals surface area contributed by atoms with E-state index in [9.17, 15) is 4.79 Å². The molecule has 0 fully saturated rings. The van der Waals surface area contributed by atoms with Crippen molar-refractivity contribution in [2.24, 2.45) is 0 Å². The number of nitrogens with one attached hydrogen (secondary N) is 1. The average Bonchev–Trinajstić information content (AvgIpc) is 3.30. The Balaban J connectivity index is 1.22. The second-order valence-corrected chi connectivity index (χ2v) is 12.4. The van der Waals surface area contributed by atoms with Crippen LogP contribution in [0.1, 0.15) is 68.1 Å². The summed E-state index contributed by atoms with van der Waals surface area (Å²) in [6, 6.07) is 27.9. The molecule has 1 N–H and O–H groups in total. The minimum Gasteiger partial charge on any atom is -0.494 e. The van der Waals surface area contributed by atoms with E-state index in [2.05, 4.69) is 17.4 Å². The fourth-order valence-electron chi connectivity index (χ4n) is 5.20. The van der Waals surface area contributed by atoms with E-state index in [4.69, 9.17) is 26.7 Å². The number of rotatable bonds is 12. The van der Waals surface area contributed by atoms with Gasteiger partial charge < -0.3 is 9.47 Å². The maximum Gasteiger partial charge on any atom is 0.359 e. The SMILES string of the molecule is CC(C)(C)OC(=S)CCCCCOc1cccc(CC2Nc3c(Cc4ccccc4)nc(-c4ccccc4)c[n+]3C2=O)c1. The molecule has 4 aromatic rings. The molecule has 222 valence electrons. The monoisotopic (exact) mass is 594 g/mol. The molecule has 1 aliphatic rings. The topological polar surface area (TPSA) is 64.3 Å². The van der Waals surface area contributed by atoms with E-state index in [0.717, 1.165) is 65.3 Å². The number of thiocarbonyl (C=S) groups is 1. The van der Waals surface area contributed by atoms with Gasteiger partial charge >= 0.3 is 11.7 Å². The summed E-state index contributed by atoms with van der Waals surface area (Å²) in [6.45, 7) is 6.68. The zero-order valence-electron chi connectivity index (χ0n) is 25.2. The Morgan fingerprint density at radius 1 is 0.930 bits per heavy atom. The van der Waals surface area contributed by atoms with Crippen molar-refractivity contribution < 1.29 is 18.8 Å². The van der Waals surface area contributed by atoms with Gasteiger partial charge in [0.1, 0.15) is 28.9 Å². The second kappa shape index (κ2) is 13.9. The molecule has 0 saturated heterocycles. The van der Waals surface area contributed by atoms with Crippen LogP contribution in [0.5, 0.6) is 5.75 Å². The number of carbonyl (C=O) groups is 1. The molecule has 1 unspecified atom stereocenters. The Kier molecular flexibility index (Phi) is 9.82. The Morgan fingerprint density at radius 3 is 2.40 bits per heavy atom. The zero-order valence-corrected chi connectivity index (χ0v) is 26.0. The lowest BCUT2D eigenvalue weighted by Gasteiger charge is -2.21.